The van der Waals surface area contributed by atoms with Gasteiger partial charge in [0, 0.05) is 10.9 Å². The van der Waals surface area contributed by atoms with Crippen LogP contribution >= 0.6 is 27.4 Å². The number of hydrogen-bond donors (Lipinski definition) is 0. The monoisotopic (exact) mass is 418 g/mol. The molecule has 0 radical (unpaired) electrons. The first-order valence-electron chi connectivity index (χ1n) is 9.28. The van der Waals surface area contributed by atoms with E-state index in [9.17, 15) is 0 Å². The fraction of sp³-hybridized carbons (Fsp3) is 0.0400. The van der Waals surface area contributed by atoms with E-state index in [0.717, 1.165) is 10.9 Å². The highest BCUT2D eigenvalue weighted by atomic mass is 35.5. The van der Waals surface area contributed by atoms with Gasteiger partial charge >= 0.3 is 0 Å². The van der Waals surface area contributed by atoms with Crippen molar-refractivity contribution in [2.24, 2.45) is 0 Å². The van der Waals surface area contributed by atoms with Crippen molar-refractivity contribution >= 4 is 48.7 Å². The molecular weight excluding hydrogens is 398 g/mol. The van der Waals surface area contributed by atoms with Gasteiger partial charge in [-0.15, -0.1) is 0 Å². The van der Waals surface area contributed by atoms with Gasteiger partial charge in [-0.2, -0.15) is 0 Å². The van der Waals surface area contributed by atoms with Crippen LogP contribution in [-0.2, 0) is 0 Å². The van der Waals surface area contributed by atoms with Crippen LogP contribution in [0.3, 0.4) is 0 Å². The molecule has 0 bridgehead atoms. The summed E-state index contributed by atoms with van der Waals surface area (Å²) in [5.41, 5.74) is 0. The minimum absolute atomic E-state index is 0.480. The maximum Gasteiger partial charge on any atom is 0.0486 e. The van der Waals surface area contributed by atoms with E-state index in [1.807, 2.05) is 12.1 Å². The van der Waals surface area contributed by atoms with Gasteiger partial charge in [-0.1, -0.05) is 121 Å². The normalized spacial score (nSPS) is 12.1. The molecule has 0 heterocycles. The molecule has 0 amide bonds. The van der Waals surface area contributed by atoms with Crippen molar-refractivity contribution in [1.29, 1.82) is 0 Å². The zero-order chi connectivity index (χ0) is 19.2. The molecule has 0 N–H and O–H groups in total. The lowest BCUT2D eigenvalue weighted by Crippen LogP contribution is -2.20. The molecule has 0 saturated carbocycles. The molecule has 0 aliphatic rings. The molecule has 3 heteroatoms. The maximum absolute atomic E-state index is 6.67. The molecule has 0 saturated heterocycles. The Balaban J connectivity index is 1.80. The third-order valence-electron chi connectivity index (χ3n) is 4.63. The van der Waals surface area contributed by atoms with Gasteiger partial charge in [0.15, 0.2) is 0 Å². The van der Waals surface area contributed by atoms with Crippen LogP contribution in [0.2, 0.25) is 5.02 Å². The Hall–Kier alpha value is -1.97. The fourth-order valence-electron chi connectivity index (χ4n) is 3.25. The fourth-order valence-corrected chi connectivity index (χ4v) is 10.2. The van der Waals surface area contributed by atoms with E-state index in [4.69, 9.17) is 11.6 Å². The van der Waals surface area contributed by atoms with Gasteiger partial charge in [0.1, 0.15) is 0 Å². The summed E-state index contributed by atoms with van der Waals surface area (Å²) in [6.45, 7) is 0. The van der Waals surface area contributed by atoms with E-state index < -0.39 is 15.8 Å². The average Bonchev–Trinajstić information content (AvgIpc) is 2.77. The molecule has 1 unspecified atom stereocenters. The van der Waals surface area contributed by atoms with Gasteiger partial charge in [-0.25, -0.2) is 0 Å². The quantitative estimate of drug-likeness (QED) is 0.344. The van der Waals surface area contributed by atoms with E-state index in [0.29, 0.717) is 0 Å². The first kappa shape index (κ1) is 19.4. The minimum Gasteiger partial charge on any atom is -0.0836 e. The molecule has 1 atom stereocenters. The second kappa shape index (κ2) is 9.49. The van der Waals surface area contributed by atoms with Gasteiger partial charge < -0.3 is 0 Å². The number of halogens is 1. The van der Waals surface area contributed by atoms with E-state index in [1.165, 1.54) is 21.2 Å². The van der Waals surface area contributed by atoms with Gasteiger partial charge in [-0.3, -0.25) is 0 Å². The summed E-state index contributed by atoms with van der Waals surface area (Å²) in [7, 11) is -1.04. The topological polar surface area (TPSA) is 0 Å². The molecule has 0 fully saturated rings. The highest BCUT2D eigenvalue weighted by molar-refractivity contribution is 7.88. The van der Waals surface area contributed by atoms with Crippen molar-refractivity contribution in [3.05, 3.63) is 120 Å². The van der Waals surface area contributed by atoms with Crippen LogP contribution in [0.25, 0.3) is 0 Å². The molecule has 0 aliphatic heterocycles. The van der Waals surface area contributed by atoms with Crippen LogP contribution in [0.15, 0.2) is 115 Å². The molecule has 0 spiro atoms. The Labute approximate surface area is 174 Å². The smallest absolute Gasteiger partial charge is 0.0486 e. The van der Waals surface area contributed by atoms with E-state index >= 15 is 0 Å². The van der Waals surface area contributed by atoms with E-state index in [1.54, 1.807) is 0 Å². The molecule has 0 aromatic heterocycles. The van der Waals surface area contributed by atoms with Crippen LogP contribution in [0.5, 0.6) is 0 Å². The van der Waals surface area contributed by atoms with Crippen LogP contribution in [-0.4, -0.2) is 5.90 Å². The van der Waals surface area contributed by atoms with E-state index in [-0.39, 0.29) is 0 Å². The van der Waals surface area contributed by atoms with Crippen molar-refractivity contribution in [2.45, 2.75) is 0 Å². The van der Waals surface area contributed by atoms with Crippen molar-refractivity contribution in [1.82, 2.24) is 0 Å². The Bertz CT molecular complexity index is 965. The lowest BCUT2D eigenvalue weighted by Gasteiger charge is -2.26. The number of hydrogen-bond acceptors (Lipinski definition) is 0. The lowest BCUT2D eigenvalue weighted by atomic mass is 10.4. The maximum atomic E-state index is 6.67. The first-order chi connectivity index (χ1) is 13.8. The third-order valence-corrected chi connectivity index (χ3v) is 11.1. The Morgan fingerprint density at radius 3 is 1.32 bits per heavy atom. The van der Waals surface area contributed by atoms with Crippen molar-refractivity contribution in [2.75, 3.05) is 5.90 Å². The molecule has 4 rings (SSSR count). The highest BCUT2D eigenvalue weighted by Crippen LogP contribution is 2.49. The van der Waals surface area contributed by atoms with Crippen molar-refractivity contribution < 1.29 is 0 Å². The van der Waals surface area contributed by atoms with Crippen molar-refractivity contribution in [3.63, 3.8) is 0 Å². The SMILES string of the molecule is Clc1ccccc1P(CP(c1ccccc1)c1ccccc1)c1ccccc1. The summed E-state index contributed by atoms with van der Waals surface area (Å²) in [5, 5.41) is 6.35. The van der Waals surface area contributed by atoms with Gasteiger partial charge in [-0.05, 0) is 43.1 Å². The predicted molar refractivity (Wildman–Crippen MR) is 128 cm³/mol. The Morgan fingerprint density at radius 2 is 0.857 bits per heavy atom. The first-order valence-corrected chi connectivity index (χ1v) is 12.7. The molecule has 4 aromatic carbocycles. The largest absolute Gasteiger partial charge is 0.0836 e. The van der Waals surface area contributed by atoms with Gasteiger partial charge in [0.25, 0.3) is 0 Å². The second-order valence-electron chi connectivity index (χ2n) is 6.46. The molecule has 28 heavy (non-hydrogen) atoms. The molecule has 4 aromatic rings. The zero-order valence-corrected chi connectivity index (χ0v) is 18.0. The second-order valence-corrected chi connectivity index (χ2v) is 11.7. The summed E-state index contributed by atoms with van der Waals surface area (Å²) in [6.07, 6.45) is 0. The molecule has 138 valence electrons. The van der Waals surface area contributed by atoms with Crippen molar-refractivity contribution in [3.8, 4) is 0 Å². The average molecular weight is 419 g/mol. The highest BCUT2D eigenvalue weighted by Gasteiger charge is 2.23. The number of benzene rings is 4. The van der Waals surface area contributed by atoms with Crippen LogP contribution in [0, 0.1) is 0 Å². The van der Waals surface area contributed by atoms with E-state index in [2.05, 4.69) is 103 Å². The summed E-state index contributed by atoms with van der Waals surface area (Å²) < 4.78 is 0. The molecule has 0 aliphatic carbocycles. The third kappa shape index (κ3) is 4.53. The standard InChI is InChI=1S/C25H21ClP2/c26-24-18-10-11-19-25(24)28(23-16-8-3-9-17-23)20-27(21-12-4-1-5-13-21)22-14-6-2-7-15-22/h1-19H,20H2. The van der Waals surface area contributed by atoms with Crippen LogP contribution < -0.4 is 21.2 Å². The summed E-state index contributed by atoms with van der Waals surface area (Å²) in [6, 6.07) is 41.0. The lowest BCUT2D eigenvalue weighted by molar-refractivity contribution is 1.73. The Kier molecular flexibility index (Phi) is 6.56. The van der Waals surface area contributed by atoms with Crippen LogP contribution in [0.4, 0.5) is 0 Å². The summed E-state index contributed by atoms with van der Waals surface area (Å²) in [4.78, 5) is 0. The van der Waals surface area contributed by atoms with Gasteiger partial charge in [0.2, 0.25) is 0 Å². The predicted octanol–water partition coefficient (Wildman–Crippen LogP) is 5.86. The van der Waals surface area contributed by atoms with Gasteiger partial charge in [0.05, 0.1) is 0 Å². The molecule has 0 nitrogen and oxygen atoms in total. The molecular formula is C25H21ClP2. The zero-order valence-electron chi connectivity index (χ0n) is 15.4. The summed E-state index contributed by atoms with van der Waals surface area (Å²) >= 11 is 6.67. The van der Waals surface area contributed by atoms with Crippen LogP contribution in [0.1, 0.15) is 0 Å². The Morgan fingerprint density at radius 1 is 0.464 bits per heavy atom. The number of rotatable bonds is 6. The minimum atomic E-state index is -0.561. The summed E-state index contributed by atoms with van der Waals surface area (Å²) in [5.74, 6) is 1.09.